The highest BCUT2D eigenvalue weighted by Gasteiger charge is 2.08. The van der Waals surface area contributed by atoms with Crippen LogP contribution in [0, 0.1) is 17.1 Å². The van der Waals surface area contributed by atoms with Crippen LogP contribution in [0.15, 0.2) is 42.5 Å². The number of ether oxygens (including phenoxy) is 1. The van der Waals surface area contributed by atoms with Gasteiger partial charge >= 0.3 is 0 Å². The van der Waals surface area contributed by atoms with Crippen molar-refractivity contribution >= 4 is 5.69 Å². The molecule has 0 bridgehead atoms. The predicted molar refractivity (Wildman–Crippen MR) is 76.2 cm³/mol. The molecule has 0 unspecified atom stereocenters. The number of hydrogen-bond acceptors (Lipinski definition) is 3. The van der Waals surface area contributed by atoms with Crippen molar-refractivity contribution in [2.24, 2.45) is 0 Å². The Bertz CT molecular complexity index is 632. The van der Waals surface area contributed by atoms with Gasteiger partial charge in [0.15, 0.2) is 0 Å². The second kappa shape index (κ2) is 6.07. The zero-order chi connectivity index (χ0) is 14.5. The SMILES string of the molecule is COc1ccc(N(C)Cc2ccc(C#N)cc2F)cc1. The van der Waals surface area contributed by atoms with Crippen molar-refractivity contribution in [2.45, 2.75) is 6.54 Å². The molecule has 102 valence electrons. The molecule has 2 rings (SSSR count). The highest BCUT2D eigenvalue weighted by molar-refractivity contribution is 5.49. The van der Waals surface area contributed by atoms with E-state index in [1.807, 2.05) is 42.3 Å². The predicted octanol–water partition coefficient (Wildman–Crippen LogP) is 3.34. The van der Waals surface area contributed by atoms with Crippen LogP contribution in [0.5, 0.6) is 5.75 Å². The Kier molecular flexibility index (Phi) is 4.21. The van der Waals surface area contributed by atoms with Crippen LogP contribution in [0.4, 0.5) is 10.1 Å². The van der Waals surface area contributed by atoms with E-state index >= 15 is 0 Å². The minimum atomic E-state index is -0.357. The van der Waals surface area contributed by atoms with E-state index < -0.39 is 0 Å². The largest absolute Gasteiger partial charge is 0.497 e. The van der Waals surface area contributed by atoms with Crippen LogP contribution in [0.25, 0.3) is 0 Å². The van der Waals surface area contributed by atoms with Crippen LogP contribution < -0.4 is 9.64 Å². The smallest absolute Gasteiger partial charge is 0.129 e. The maximum atomic E-state index is 13.8. The maximum absolute atomic E-state index is 13.8. The molecule has 3 nitrogen and oxygen atoms in total. The van der Waals surface area contributed by atoms with Crippen LogP contribution in [0.1, 0.15) is 11.1 Å². The highest BCUT2D eigenvalue weighted by atomic mass is 19.1. The Hall–Kier alpha value is -2.54. The van der Waals surface area contributed by atoms with E-state index in [4.69, 9.17) is 10.00 Å². The molecule has 0 atom stereocenters. The Morgan fingerprint density at radius 2 is 1.90 bits per heavy atom. The first-order valence-electron chi connectivity index (χ1n) is 6.17. The van der Waals surface area contributed by atoms with Gasteiger partial charge in [-0.15, -0.1) is 0 Å². The third-order valence-electron chi connectivity index (χ3n) is 3.10. The summed E-state index contributed by atoms with van der Waals surface area (Å²) in [5.41, 5.74) is 1.86. The van der Waals surface area contributed by atoms with E-state index in [-0.39, 0.29) is 5.82 Å². The van der Waals surface area contributed by atoms with Gasteiger partial charge in [-0.05, 0) is 36.4 Å². The van der Waals surface area contributed by atoms with Gasteiger partial charge in [-0.25, -0.2) is 4.39 Å². The molecular formula is C16H15FN2O. The second-order valence-corrected chi connectivity index (χ2v) is 4.47. The van der Waals surface area contributed by atoms with Gasteiger partial charge in [0, 0.05) is 24.8 Å². The average Bonchev–Trinajstić information content (AvgIpc) is 2.49. The number of methoxy groups -OCH3 is 1. The van der Waals surface area contributed by atoms with Crippen LogP contribution in [0.2, 0.25) is 0 Å². The summed E-state index contributed by atoms with van der Waals surface area (Å²) in [6.45, 7) is 0.434. The van der Waals surface area contributed by atoms with Gasteiger partial charge in [-0.1, -0.05) is 6.07 Å². The monoisotopic (exact) mass is 270 g/mol. The van der Waals surface area contributed by atoms with Gasteiger partial charge in [0.1, 0.15) is 11.6 Å². The molecule has 0 saturated carbocycles. The van der Waals surface area contributed by atoms with Crippen molar-refractivity contribution in [3.05, 3.63) is 59.4 Å². The molecule has 0 aliphatic carbocycles. The summed E-state index contributed by atoms with van der Waals surface area (Å²) in [6, 6.07) is 14.0. The van der Waals surface area contributed by atoms with E-state index in [1.165, 1.54) is 6.07 Å². The summed E-state index contributed by atoms with van der Waals surface area (Å²) in [5.74, 6) is 0.427. The number of benzene rings is 2. The Morgan fingerprint density at radius 1 is 1.20 bits per heavy atom. The van der Waals surface area contributed by atoms with E-state index in [9.17, 15) is 4.39 Å². The van der Waals surface area contributed by atoms with Crippen molar-refractivity contribution in [3.63, 3.8) is 0 Å². The van der Waals surface area contributed by atoms with Crippen LogP contribution in [-0.4, -0.2) is 14.2 Å². The quantitative estimate of drug-likeness (QED) is 0.855. The van der Waals surface area contributed by atoms with Gasteiger partial charge in [-0.3, -0.25) is 0 Å². The normalized spacial score (nSPS) is 9.90. The molecule has 0 fully saturated rings. The lowest BCUT2D eigenvalue weighted by atomic mass is 10.1. The number of nitriles is 1. The molecule has 0 amide bonds. The average molecular weight is 270 g/mol. The van der Waals surface area contributed by atoms with Crippen molar-refractivity contribution in [1.82, 2.24) is 0 Å². The first kappa shape index (κ1) is 13.9. The summed E-state index contributed by atoms with van der Waals surface area (Å²) in [4.78, 5) is 1.93. The summed E-state index contributed by atoms with van der Waals surface area (Å²) in [5, 5.41) is 8.72. The number of halogens is 1. The minimum absolute atomic E-state index is 0.332. The maximum Gasteiger partial charge on any atom is 0.129 e. The molecule has 2 aromatic rings. The molecule has 0 radical (unpaired) electrons. The lowest BCUT2D eigenvalue weighted by molar-refractivity contribution is 0.415. The zero-order valence-electron chi connectivity index (χ0n) is 11.4. The molecule has 0 aromatic heterocycles. The summed E-state index contributed by atoms with van der Waals surface area (Å²) >= 11 is 0. The molecule has 20 heavy (non-hydrogen) atoms. The third kappa shape index (κ3) is 3.07. The number of rotatable bonds is 4. The molecule has 0 spiro atoms. The fourth-order valence-electron chi connectivity index (χ4n) is 1.93. The minimum Gasteiger partial charge on any atom is -0.497 e. The third-order valence-corrected chi connectivity index (χ3v) is 3.10. The Morgan fingerprint density at radius 3 is 2.45 bits per heavy atom. The number of nitrogens with zero attached hydrogens (tertiary/aromatic N) is 2. The molecule has 0 saturated heterocycles. The molecule has 0 N–H and O–H groups in total. The van der Waals surface area contributed by atoms with Crippen LogP contribution in [-0.2, 0) is 6.54 Å². The first-order chi connectivity index (χ1) is 9.63. The molecule has 2 aromatic carbocycles. The zero-order valence-corrected chi connectivity index (χ0v) is 11.4. The van der Waals surface area contributed by atoms with E-state index in [1.54, 1.807) is 19.2 Å². The van der Waals surface area contributed by atoms with Gasteiger partial charge in [0.05, 0.1) is 18.7 Å². The van der Waals surface area contributed by atoms with Crippen molar-refractivity contribution in [3.8, 4) is 11.8 Å². The molecule has 4 heteroatoms. The second-order valence-electron chi connectivity index (χ2n) is 4.47. The lowest BCUT2D eigenvalue weighted by Gasteiger charge is -2.20. The topological polar surface area (TPSA) is 36.3 Å². The number of hydrogen-bond donors (Lipinski definition) is 0. The standard InChI is InChI=1S/C16H15FN2O/c1-19(14-5-7-15(20-2)8-6-14)11-13-4-3-12(10-18)9-16(13)17/h3-9H,11H2,1-2H3. The number of anilines is 1. The lowest BCUT2D eigenvalue weighted by Crippen LogP contribution is -2.17. The summed E-state index contributed by atoms with van der Waals surface area (Å²) < 4.78 is 18.9. The van der Waals surface area contributed by atoms with Gasteiger partial charge in [0.2, 0.25) is 0 Å². The van der Waals surface area contributed by atoms with E-state index in [2.05, 4.69) is 0 Å². The molecule has 0 aliphatic heterocycles. The van der Waals surface area contributed by atoms with Crippen LogP contribution in [0.3, 0.4) is 0 Å². The summed E-state index contributed by atoms with van der Waals surface area (Å²) in [7, 11) is 3.50. The van der Waals surface area contributed by atoms with Crippen molar-refractivity contribution in [2.75, 3.05) is 19.1 Å². The molecule has 0 aliphatic rings. The molecule has 0 heterocycles. The van der Waals surface area contributed by atoms with Crippen molar-refractivity contribution < 1.29 is 9.13 Å². The van der Waals surface area contributed by atoms with Gasteiger partial charge < -0.3 is 9.64 Å². The first-order valence-corrected chi connectivity index (χ1v) is 6.17. The summed E-state index contributed by atoms with van der Waals surface area (Å²) in [6.07, 6.45) is 0. The van der Waals surface area contributed by atoms with Gasteiger partial charge in [-0.2, -0.15) is 5.26 Å². The fraction of sp³-hybridized carbons (Fsp3) is 0.188. The van der Waals surface area contributed by atoms with Gasteiger partial charge in [0.25, 0.3) is 0 Å². The van der Waals surface area contributed by atoms with E-state index in [0.717, 1.165) is 11.4 Å². The van der Waals surface area contributed by atoms with Crippen LogP contribution >= 0.6 is 0 Å². The van der Waals surface area contributed by atoms with Crippen molar-refractivity contribution in [1.29, 1.82) is 5.26 Å². The Labute approximate surface area is 117 Å². The molecular weight excluding hydrogens is 255 g/mol. The highest BCUT2D eigenvalue weighted by Crippen LogP contribution is 2.21. The fourth-order valence-corrected chi connectivity index (χ4v) is 1.93. The Balaban J connectivity index is 2.14. The van der Waals surface area contributed by atoms with E-state index in [0.29, 0.717) is 17.7 Å².